The van der Waals surface area contributed by atoms with E-state index >= 15 is 0 Å². The molecule has 0 aliphatic rings. The highest BCUT2D eigenvalue weighted by Crippen LogP contribution is 2.30. The summed E-state index contributed by atoms with van der Waals surface area (Å²) in [5, 5.41) is 2.99. The van der Waals surface area contributed by atoms with Crippen molar-refractivity contribution in [2.75, 3.05) is 11.1 Å². The van der Waals surface area contributed by atoms with Gasteiger partial charge in [-0.3, -0.25) is 9.20 Å². The van der Waals surface area contributed by atoms with Gasteiger partial charge in [0.1, 0.15) is 22.9 Å². The van der Waals surface area contributed by atoms with E-state index in [1.54, 1.807) is 18.5 Å². The van der Waals surface area contributed by atoms with E-state index in [1.165, 1.54) is 5.56 Å². The van der Waals surface area contributed by atoms with Crippen molar-refractivity contribution in [3.05, 3.63) is 77.4 Å². The Morgan fingerprint density at radius 1 is 1.12 bits per heavy atom. The first kappa shape index (κ1) is 21.5. The molecule has 0 spiro atoms. The van der Waals surface area contributed by atoms with Gasteiger partial charge in [0.2, 0.25) is 0 Å². The lowest BCUT2D eigenvalue weighted by molar-refractivity contribution is 0.102. The molecule has 0 bridgehead atoms. The fraction of sp³-hybridized carbons (Fsp3) is 0.240. The molecule has 0 saturated carbocycles. The van der Waals surface area contributed by atoms with E-state index in [2.05, 4.69) is 37.1 Å². The van der Waals surface area contributed by atoms with E-state index < -0.39 is 0 Å². The van der Waals surface area contributed by atoms with Crippen LogP contribution in [0.3, 0.4) is 0 Å². The van der Waals surface area contributed by atoms with Crippen molar-refractivity contribution >= 4 is 22.9 Å². The van der Waals surface area contributed by atoms with Crippen LogP contribution in [-0.4, -0.2) is 20.3 Å². The zero-order valence-corrected chi connectivity index (χ0v) is 18.8. The SMILES string of the molecule is Cc1cc(NC(=O)c2cccc(-c3nc(C(C)N)n4ccnc(N)c34)c2)ccc1C(C)C. The largest absolute Gasteiger partial charge is 0.382 e. The molecule has 2 heterocycles. The maximum Gasteiger partial charge on any atom is 0.255 e. The summed E-state index contributed by atoms with van der Waals surface area (Å²) in [5.41, 5.74) is 18.1. The molecule has 1 atom stereocenters. The molecule has 5 N–H and O–H groups in total. The van der Waals surface area contributed by atoms with Crippen LogP contribution in [0.4, 0.5) is 11.5 Å². The Bertz CT molecular complexity index is 1310. The fourth-order valence-electron chi connectivity index (χ4n) is 4.02. The zero-order valence-electron chi connectivity index (χ0n) is 18.8. The Balaban J connectivity index is 1.69. The Labute approximate surface area is 187 Å². The highest BCUT2D eigenvalue weighted by Gasteiger charge is 2.19. The standard InChI is InChI=1S/C25H28N6O/c1-14(2)20-9-8-19(12-15(20)3)29-25(32)18-7-5-6-17(13-18)21-22-23(27)28-10-11-31(22)24(30-21)16(4)26/h5-14,16H,26H2,1-4H3,(H2,27,28)(H,29,32). The Morgan fingerprint density at radius 3 is 2.59 bits per heavy atom. The maximum absolute atomic E-state index is 13.0. The third-order valence-electron chi connectivity index (χ3n) is 5.57. The average molecular weight is 429 g/mol. The number of carbonyl (C=O) groups excluding carboxylic acids is 1. The molecule has 0 aliphatic heterocycles. The van der Waals surface area contributed by atoms with Gasteiger partial charge in [-0.2, -0.15) is 0 Å². The van der Waals surface area contributed by atoms with Gasteiger partial charge in [0.15, 0.2) is 0 Å². The molecule has 1 amide bonds. The number of aromatic nitrogens is 3. The zero-order chi connectivity index (χ0) is 23.0. The first-order chi connectivity index (χ1) is 15.3. The minimum atomic E-state index is -0.290. The Hall–Kier alpha value is -3.71. The van der Waals surface area contributed by atoms with Crippen molar-refractivity contribution in [2.24, 2.45) is 5.73 Å². The number of nitrogens with zero attached hydrogens (tertiary/aromatic N) is 3. The topological polar surface area (TPSA) is 111 Å². The van der Waals surface area contributed by atoms with Gasteiger partial charge in [0.05, 0.1) is 6.04 Å². The molecule has 0 aliphatic carbocycles. The van der Waals surface area contributed by atoms with Crippen molar-refractivity contribution < 1.29 is 4.79 Å². The molecule has 4 rings (SSSR count). The molecule has 4 aromatic rings. The molecule has 0 fully saturated rings. The molecular weight excluding hydrogens is 400 g/mol. The number of benzene rings is 2. The van der Waals surface area contributed by atoms with Gasteiger partial charge in [-0.05, 0) is 55.2 Å². The number of fused-ring (bicyclic) bond motifs is 1. The summed E-state index contributed by atoms with van der Waals surface area (Å²) in [6, 6.07) is 13.0. The number of hydrogen-bond donors (Lipinski definition) is 3. The normalized spacial score (nSPS) is 12.3. The molecular formula is C25H28N6O. The quantitative estimate of drug-likeness (QED) is 0.427. The summed E-state index contributed by atoms with van der Waals surface area (Å²) >= 11 is 0. The van der Waals surface area contributed by atoms with Crippen LogP contribution in [0.2, 0.25) is 0 Å². The fourth-order valence-corrected chi connectivity index (χ4v) is 4.02. The van der Waals surface area contributed by atoms with Crippen LogP contribution in [0.5, 0.6) is 0 Å². The van der Waals surface area contributed by atoms with Crippen LogP contribution in [0, 0.1) is 6.92 Å². The van der Waals surface area contributed by atoms with E-state index in [0.717, 1.165) is 16.8 Å². The minimum Gasteiger partial charge on any atom is -0.382 e. The van der Waals surface area contributed by atoms with Crippen LogP contribution < -0.4 is 16.8 Å². The minimum absolute atomic E-state index is 0.189. The van der Waals surface area contributed by atoms with Crippen LogP contribution in [0.1, 0.15) is 60.0 Å². The number of anilines is 2. The predicted molar refractivity (Wildman–Crippen MR) is 129 cm³/mol. The van der Waals surface area contributed by atoms with Gasteiger partial charge >= 0.3 is 0 Å². The molecule has 7 nitrogen and oxygen atoms in total. The van der Waals surface area contributed by atoms with Gasteiger partial charge < -0.3 is 16.8 Å². The van der Waals surface area contributed by atoms with E-state index in [1.807, 2.05) is 41.7 Å². The van der Waals surface area contributed by atoms with Crippen molar-refractivity contribution in [3.63, 3.8) is 0 Å². The van der Waals surface area contributed by atoms with E-state index in [-0.39, 0.29) is 11.9 Å². The van der Waals surface area contributed by atoms with Crippen molar-refractivity contribution in [3.8, 4) is 11.3 Å². The number of imidazole rings is 1. The van der Waals surface area contributed by atoms with Crippen molar-refractivity contribution in [1.82, 2.24) is 14.4 Å². The molecule has 164 valence electrons. The molecule has 1 unspecified atom stereocenters. The lowest BCUT2D eigenvalue weighted by Gasteiger charge is -2.12. The van der Waals surface area contributed by atoms with Crippen LogP contribution >= 0.6 is 0 Å². The van der Waals surface area contributed by atoms with E-state index in [0.29, 0.717) is 34.3 Å². The van der Waals surface area contributed by atoms with Gasteiger partial charge in [-0.25, -0.2) is 9.97 Å². The number of amides is 1. The summed E-state index contributed by atoms with van der Waals surface area (Å²) in [6.07, 6.45) is 3.41. The summed E-state index contributed by atoms with van der Waals surface area (Å²) in [5.74, 6) is 1.28. The third kappa shape index (κ3) is 3.94. The average Bonchev–Trinajstić information content (AvgIpc) is 3.15. The lowest BCUT2D eigenvalue weighted by Crippen LogP contribution is -2.12. The van der Waals surface area contributed by atoms with Crippen LogP contribution in [0.15, 0.2) is 54.9 Å². The second-order valence-electron chi connectivity index (χ2n) is 8.40. The number of hydrogen-bond acceptors (Lipinski definition) is 5. The monoisotopic (exact) mass is 428 g/mol. The number of rotatable bonds is 5. The van der Waals surface area contributed by atoms with Crippen molar-refractivity contribution in [1.29, 1.82) is 0 Å². The lowest BCUT2D eigenvalue weighted by atomic mass is 9.97. The number of nitrogens with two attached hydrogens (primary N) is 2. The van der Waals surface area contributed by atoms with Gasteiger partial charge in [0.25, 0.3) is 5.91 Å². The Morgan fingerprint density at radius 2 is 1.91 bits per heavy atom. The third-order valence-corrected chi connectivity index (χ3v) is 5.57. The second kappa shape index (κ2) is 8.43. The maximum atomic E-state index is 13.0. The molecule has 0 radical (unpaired) electrons. The number of nitrogen functional groups attached to an aromatic ring is 1. The summed E-state index contributed by atoms with van der Waals surface area (Å²) in [6.45, 7) is 8.24. The van der Waals surface area contributed by atoms with E-state index in [9.17, 15) is 4.79 Å². The molecule has 32 heavy (non-hydrogen) atoms. The van der Waals surface area contributed by atoms with Gasteiger partial charge in [-0.15, -0.1) is 0 Å². The van der Waals surface area contributed by atoms with Crippen LogP contribution in [-0.2, 0) is 0 Å². The highest BCUT2D eigenvalue weighted by atomic mass is 16.1. The summed E-state index contributed by atoms with van der Waals surface area (Å²) < 4.78 is 1.86. The van der Waals surface area contributed by atoms with Gasteiger partial charge in [-0.1, -0.05) is 32.0 Å². The van der Waals surface area contributed by atoms with Crippen molar-refractivity contribution in [2.45, 2.75) is 39.7 Å². The van der Waals surface area contributed by atoms with E-state index in [4.69, 9.17) is 16.5 Å². The number of carbonyl (C=O) groups is 1. The second-order valence-corrected chi connectivity index (χ2v) is 8.40. The summed E-state index contributed by atoms with van der Waals surface area (Å²) in [4.78, 5) is 21.9. The van der Waals surface area contributed by atoms with Crippen LogP contribution in [0.25, 0.3) is 16.8 Å². The molecule has 7 heteroatoms. The molecule has 2 aromatic carbocycles. The smallest absolute Gasteiger partial charge is 0.255 e. The van der Waals surface area contributed by atoms with Gasteiger partial charge in [0, 0.05) is 29.2 Å². The summed E-state index contributed by atoms with van der Waals surface area (Å²) in [7, 11) is 0. The predicted octanol–water partition coefficient (Wildman–Crippen LogP) is 4.68. The first-order valence-electron chi connectivity index (χ1n) is 10.7. The number of nitrogens with one attached hydrogen (secondary N) is 1. The molecule has 2 aromatic heterocycles. The highest BCUT2D eigenvalue weighted by molar-refractivity contribution is 6.05. The molecule has 0 saturated heterocycles. The Kier molecular flexibility index (Phi) is 5.67. The first-order valence-corrected chi connectivity index (χ1v) is 10.7. The number of aryl methyl sites for hydroxylation is 1.